The molecule has 0 aliphatic rings. The Labute approximate surface area is 280 Å². The summed E-state index contributed by atoms with van der Waals surface area (Å²) in [7, 11) is 0. The second kappa shape index (κ2) is 15.2. The van der Waals surface area contributed by atoms with Crippen LogP contribution in [0, 0.1) is 0 Å². The van der Waals surface area contributed by atoms with E-state index in [9.17, 15) is 84.2 Å². The fraction of sp³-hybridized carbons (Fsp3) is 0.448. The molecule has 0 aromatic heterocycles. The molecule has 2 rings (SSSR count). The number of rotatable bonds is 18. The van der Waals surface area contributed by atoms with E-state index in [0.717, 1.165) is 30.3 Å². The summed E-state index contributed by atoms with van der Waals surface area (Å²) in [5, 5.41) is 0. The number of ether oxygens (including phenoxy) is 4. The smallest absolute Gasteiger partial charge is 0.460 e. The molecule has 0 unspecified atom stereocenters. The van der Waals surface area contributed by atoms with Crippen molar-refractivity contribution in [1.82, 2.24) is 0 Å². The number of carbonyl (C=O) groups is 2. The van der Waals surface area contributed by atoms with E-state index in [4.69, 9.17) is 14.2 Å². The Morgan fingerprint density at radius 2 is 0.942 bits per heavy atom. The van der Waals surface area contributed by atoms with Gasteiger partial charge in [0.25, 0.3) is 0 Å². The van der Waals surface area contributed by atoms with Gasteiger partial charge in [-0.15, -0.1) is 0 Å². The molecule has 52 heavy (non-hydrogen) atoms. The summed E-state index contributed by atoms with van der Waals surface area (Å²) >= 11 is 0. The van der Waals surface area contributed by atoms with Crippen molar-refractivity contribution in [3.8, 4) is 17.2 Å². The Kier molecular flexibility index (Phi) is 12.8. The SMILES string of the molecule is C=CC(=O)OCCCOc1ccc(C(=O)Oc2ccc(OCCC(F)(F)C(F)(F)C(F)(F)C(F)(F)C(F)(F)C(F)(F)C(F)(F)C(F)(F)F)cc2)cc1. The predicted octanol–water partition coefficient (Wildman–Crippen LogP) is 9.18. The van der Waals surface area contributed by atoms with Crippen LogP contribution in [0.1, 0.15) is 23.2 Å². The van der Waals surface area contributed by atoms with Crippen molar-refractivity contribution in [2.75, 3.05) is 19.8 Å². The van der Waals surface area contributed by atoms with E-state index in [1.54, 1.807) is 0 Å². The van der Waals surface area contributed by atoms with Crippen LogP contribution in [-0.4, -0.2) is 79.4 Å². The van der Waals surface area contributed by atoms with Gasteiger partial charge in [0.2, 0.25) is 0 Å². The summed E-state index contributed by atoms with van der Waals surface area (Å²) in [4.78, 5) is 23.3. The molecule has 0 N–H and O–H groups in total. The molecule has 0 aliphatic heterocycles. The Hall–Kier alpha value is -4.47. The van der Waals surface area contributed by atoms with Gasteiger partial charge in [-0.2, -0.15) is 74.6 Å². The van der Waals surface area contributed by atoms with Crippen molar-refractivity contribution in [2.24, 2.45) is 0 Å². The highest BCUT2D eigenvalue weighted by atomic mass is 19.4. The van der Waals surface area contributed by atoms with Gasteiger partial charge in [-0.1, -0.05) is 6.58 Å². The first-order chi connectivity index (χ1) is 23.5. The number of hydrogen-bond donors (Lipinski definition) is 0. The molecule has 0 saturated carbocycles. The largest absolute Gasteiger partial charge is 0.493 e. The molecule has 0 amide bonds. The van der Waals surface area contributed by atoms with Crippen molar-refractivity contribution < 1.29 is 103 Å². The predicted molar refractivity (Wildman–Crippen MR) is 140 cm³/mol. The zero-order valence-electron chi connectivity index (χ0n) is 25.3. The summed E-state index contributed by atoms with van der Waals surface area (Å²) in [6.07, 6.45) is -9.31. The minimum absolute atomic E-state index is 0.0336. The average Bonchev–Trinajstić information content (AvgIpc) is 3.04. The lowest BCUT2D eigenvalue weighted by Gasteiger charge is -2.42. The molecule has 292 valence electrons. The quantitative estimate of drug-likeness (QED) is 0.0494. The second-order valence-electron chi connectivity index (χ2n) is 10.2. The fourth-order valence-electron chi connectivity index (χ4n) is 3.59. The lowest BCUT2D eigenvalue weighted by atomic mass is 9.88. The summed E-state index contributed by atoms with van der Waals surface area (Å²) in [5.74, 6) is -59.1. The van der Waals surface area contributed by atoms with Crippen LogP contribution in [-0.2, 0) is 9.53 Å². The molecular formula is C29H21F17O6. The Morgan fingerprint density at radius 3 is 1.40 bits per heavy atom. The first kappa shape index (κ1) is 43.7. The molecule has 0 saturated heterocycles. The fourth-order valence-corrected chi connectivity index (χ4v) is 3.59. The molecule has 0 aliphatic carbocycles. The van der Waals surface area contributed by atoms with Gasteiger partial charge in [-0.25, -0.2) is 9.59 Å². The normalized spacial score (nSPS) is 13.7. The number of benzene rings is 2. The maximum atomic E-state index is 14.1. The van der Waals surface area contributed by atoms with Crippen molar-refractivity contribution in [1.29, 1.82) is 0 Å². The lowest BCUT2D eigenvalue weighted by Crippen LogP contribution is -2.74. The molecule has 0 heterocycles. The van der Waals surface area contributed by atoms with E-state index < -0.39 is 78.3 Å². The van der Waals surface area contributed by atoms with Crippen molar-refractivity contribution in [3.63, 3.8) is 0 Å². The molecule has 0 atom stereocenters. The summed E-state index contributed by atoms with van der Waals surface area (Å²) < 4.78 is 247. The van der Waals surface area contributed by atoms with Crippen LogP contribution in [0.15, 0.2) is 61.2 Å². The number of halogens is 17. The van der Waals surface area contributed by atoms with Gasteiger partial charge in [0.15, 0.2) is 0 Å². The van der Waals surface area contributed by atoms with Crippen molar-refractivity contribution in [2.45, 2.75) is 60.5 Å². The average molecular weight is 788 g/mol. The number of hydrogen-bond acceptors (Lipinski definition) is 6. The number of esters is 2. The van der Waals surface area contributed by atoms with Gasteiger partial charge in [0.1, 0.15) is 17.2 Å². The molecular weight excluding hydrogens is 767 g/mol. The van der Waals surface area contributed by atoms with Crippen LogP contribution < -0.4 is 14.2 Å². The van der Waals surface area contributed by atoms with Crippen molar-refractivity contribution >= 4 is 11.9 Å². The van der Waals surface area contributed by atoms with Gasteiger partial charge in [-0.3, -0.25) is 0 Å². The van der Waals surface area contributed by atoms with Gasteiger partial charge in [0, 0.05) is 12.5 Å². The van der Waals surface area contributed by atoms with Crippen LogP contribution in [0.5, 0.6) is 17.2 Å². The Balaban J connectivity index is 2.04. The molecule has 0 bridgehead atoms. The van der Waals surface area contributed by atoms with E-state index in [-0.39, 0.29) is 24.5 Å². The monoisotopic (exact) mass is 788 g/mol. The van der Waals surface area contributed by atoms with Gasteiger partial charge in [-0.05, 0) is 48.5 Å². The van der Waals surface area contributed by atoms with E-state index in [0.29, 0.717) is 12.2 Å². The van der Waals surface area contributed by atoms with Crippen molar-refractivity contribution in [3.05, 3.63) is 66.7 Å². The third-order valence-corrected chi connectivity index (χ3v) is 6.56. The van der Waals surface area contributed by atoms with E-state index in [1.165, 1.54) is 24.3 Å². The molecule has 23 heteroatoms. The Morgan fingerprint density at radius 1 is 0.538 bits per heavy atom. The van der Waals surface area contributed by atoms with Gasteiger partial charge < -0.3 is 18.9 Å². The minimum Gasteiger partial charge on any atom is -0.493 e. The highest BCUT2D eigenvalue weighted by molar-refractivity contribution is 5.91. The zero-order chi connectivity index (χ0) is 40.2. The van der Waals surface area contributed by atoms with Crippen LogP contribution in [0.4, 0.5) is 74.6 Å². The molecule has 0 fully saturated rings. The first-order valence-corrected chi connectivity index (χ1v) is 13.7. The van der Waals surface area contributed by atoms with Gasteiger partial charge in [0.05, 0.1) is 31.8 Å². The zero-order valence-corrected chi connectivity index (χ0v) is 25.3. The third kappa shape index (κ3) is 8.42. The van der Waals surface area contributed by atoms with Crippen LogP contribution in [0.3, 0.4) is 0 Å². The first-order valence-electron chi connectivity index (χ1n) is 13.7. The van der Waals surface area contributed by atoms with Crippen LogP contribution >= 0.6 is 0 Å². The van der Waals surface area contributed by atoms with E-state index in [2.05, 4.69) is 11.3 Å². The molecule has 0 spiro atoms. The summed E-state index contributed by atoms with van der Waals surface area (Å²) in [6, 6.07) is 8.69. The summed E-state index contributed by atoms with van der Waals surface area (Å²) in [5.41, 5.74) is -0.0336. The highest BCUT2D eigenvalue weighted by Gasteiger charge is 2.95. The standard InChI is InChI=1S/C29H21F17O6/c1-2-20(47)51-14-3-13-49-17-6-4-16(5-7-17)21(48)52-19-10-8-18(9-11-19)50-15-12-22(30,31)23(32,33)24(34,35)25(36,37)26(38,39)27(40,41)28(42,43)29(44,45)46/h2,4-11H,1,3,12-15H2. The van der Waals surface area contributed by atoms with E-state index in [1.807, 2.05) is 0 Å². The topological polar surface area (TPSA) is 71.1 Å². The maximum Gasteiger partial charge on any atom is 0.460 e. The number of alkyl halides is 17. The highest BCUT2D eigenvalue weighted by Crippen LogP contribution is 2.64. The maximum absolute atomic E-state index is 14.1. The molecule has 0 radical (unpaired) electrons. The molecule has 6 nitrogen and oxygen atoms in total. The third-order valence-electron chi connectivity index (χ3n) is 6.56. The number of carbonyl (C=O) groups excluding carboxylic acids is 2. The van der Waals surface area contributed by atoms with Gasteiger partial charge >= 0.3 is 59.6 Å². The minimum atomic E-state index is -8.70. The van der Waals surface area contributed by atoms with Crippen LogP contribution in [0.25, 0.3) is 0 Å². The lowest BCUT2D eigenvalue weighted by molar-refractivity contribution is -0.461. The Bertz CT molecular complexity index is 1540. The summed E-state index contributed by atoms with van der Waals surface area (Å²) in [6.45, 7) is 1.56. The molecule has 2 aromatic carbocycles. The molecule has 2 aromatic rings. The van der Waals surface area contributed by atoms with Crippen LogP contribution in [0.2, 0.25) is 0 Å². The van der Waals surface area contributed by atoms with E-state index >= 15 is 0 Å². The second-order valence-corrected chi connectivity index (χ2v) is 10.2.